The first kappa shape index (κ1) is 15.7. The fourth-order valence-corrected chi connectivity index (χ4v) is 2.31. The van der Waals surface area contributed by atoms with E-state index in [1.165, 1.54) is 13.1 Å². The normalized spacial score (nSPS) is 11.1. The largest absolute Gasteiger partial charge is 0.492 e. The third-order valence-corrected chi connectivity index (χ3v) is 3.60. The molecule has 0 bridgehead atoms. The predicted molar refractivity (Wildman–Crippen MR) is 68.2 cm³/mol. The van der Waals surface area contributed by atoms with Crippen LogP contribution in [-0.4, -0.2) is 28.0 Å². The van der Waals surface area contributed by atoms with Gasteiger partial charge in [0.2, 0.25) is 5.91 Å². The van der Waals surface area contributed by atoms with Gasteiger partial charge in [-0.3, -0.25) is 4.79 Å². The van der Waals surface area contributed by atoms with Crippen molar-refractivity contribution in [3.63, 3.8) is 0 Å². The van der Waals surface area contributed by atoms with Crippen LogP contribution in [0.1, 0.15) is 12.8 Å². The van der Waals surface area contributed by atoms with Gasteiger partial charge in [0.15, 0.2) is 0 Å². The average molecular weight is 310 g/mol. The Morgan fingerprint density at radius 2 is 2.16 bits per heavy atom. The van der Waals surface area contributed by atoms with E-state index in [4.69, 9.17) is 15.4 Å². The molecule has 0 heterocycles. The van der Waals surface area contributed by atoms with Crippen LogP contribution in [-0.2, 0) is 13.8 Å². The van der Waals surface area contributed by atoms with E-state index in [-0.39, 0.29) is 24.7 Å². The van der Waals surface area contributed by atoms with Crippen molar-refractivity contribution in [3.8, 4) is 5.75 Å². The zero-order chi connectivity index (χ0) is 14.5. The molecule has 0 saturated heterocycles. The standard InChI is InChI=1S/C11H13ClFNO4S/c1-14-11(15)3-2-6-18-9-5-4-8(13)7-10(9)19(12,16)17/h4-5,7H,2-3,6H2,1H3,(H,14,15). The van der Waals surface area contributed by atoms with Crippen LogP contribution in [0.3, 0.4) is 0 Å². The average Bonchev–Trinajstić information content (AvgIpc) is 2.34. The molecule has 1 amide bonds. The third kappa shape index (κ3) is 5.04. The summed E-state index contributed by atoms with van der Waals surface area (Å²) in [7, 11) is 2.61. The quantitative estimate of drug-likeness (QED) is 0.641. The molecule has 1 rings (SSSR count). The summed E-state index contributed by atoms with van der Waals surface area (Å²) in [6.45, 7) is 0.123. The molecule has 0 radical (unpaired) electrons. The van der Waals surface area contributed by atoms with E-state index in [0.717, 1.165) is 12.1 Å². The molecule has 0 aliphatic rings. The number of amides is 1. The lowest BCUT2D eigenvalue weighted by atomic mass is 10.3. The number of halogens is 2. The Balaban J connectivity index is 2.71. The SMILES string of the molecule is CNC(=O)CCCOc1ccc(F)cc1S(=O)(=O)Cl. The summed E-state index contributed by atoms with van der Waals surface area (Å²) in [5.74, 6) is -0.905. The molecule has 0 aliphatic heterocycles. The van der Waals surface area contributed by atoms with Gasteiger partial charge in [-0.2, -0.15) is 0 Å². The molecule has 106 valence electrons. The molecule has 0 spiro atoms. The van der Waals surface area contributed by atoms with Gasteiger partial charge in [0.05, 0.1) is 6.61 Å². The van der Waals surface area contributed by atoms with E-state index in [2.05, 4.69) is 5.32 Å². The second kappa shape index (κ2) is 6.72. The Bertz CT molecular complexity index is 562. The van der Waals surface area contributed by atoms with Crippen molar-refractivity contribution in [1.29, 1.82) is 0 Å². The van der Waals surface area contributed by atoms with Crippen molar-refractivity contribution < 1.29 is 22.3 Å². The molecule has 19 heavy (non-hydrogen) atoms. The van der Waals surface area contributed by atoms with Gasteiger partial charge >= 0.3 is 0 Å². The lowest BCUT2D eigenvalue weighted by molar-refractivity contribution is -0.120. The second-order valence-electron chi connectivity index (χ2n) is 3.65. The van der Waals surface area contributed by atoms with Crippen LogP contribution in [0.2, 0.25) is 0 Å². The second-order valence-corrected chi connectivity index (χ2v) is 6.19. The van der Waals surface area contributed by atoms with E-state index >= 15 is 0 Å². The fraction of sp³-hybridized carbons (Fsp3) is 0.364. The Morgan fingerprint density at radius 1 is 1.47 bits per heavy atom. The highest BCUT2D eigenvalue weighted by Gasteiger charge is 2.18. The van der Waals surface area contributed by atoms with Crippen molar-refractivity contribution in [2.75, 3.05) is 13.7 Å². The molecular weight excluding hydrogens is 297 g/mol. The zero-order valence-corrected chi connectivity index (χ0v) is 11.7. The summed E-state index contributed by atoms with van der Waals surface area (Å²) >= 11 is 0. The number of carbonyl (C=O) groups is 1. The molecular formula is C11H13ClFNO4S. The number of benzene rings is 1. The Hall–Kier alpha value is -1.34. The van der Waals surface area contributed by atoms with Crippen LogP contribution < -0.4 is 10.1 Å². The maximum absolute atomic E-state index is 13.0. The molecule has 0 unspecified atom stereocenters. The first-order chi connectivity index (χ1) is 8.84. The van der Waals surface area contributed by atoms with Gasteiger partial charge in [0.1, 0.15) is 16.5 Å². The number of hydrogen-bond donors (Lipinski definition) is 1. The van der Waals surface area contributed by atoms with E-state index in [1.807, 2.05) is 0 Å². The van der Waals surface area contributed by atoms with Gasteiger partial charge < -0.3 is 10.1 Å². The van der Waals surface area contributed by atoms with Gasteiger partial charge in [-0.1, -0.05) is 0 Å². The minimum absolute atomic E-state index is 0.0340. The highest BCUT2D eigenvalue weighted by atomic mass is 35.7. The maximum atomic E-state index is 13.0. The monoisotopic (exact) mass is 309 g/mol. The van der Waals surface area contributed by atoms with Crippen LogP contribution in [0.4, 0.5) is 4.39 Å². The van der Waals surface area contributed by atoms with Crippen LogP contribution >= 0.6 is 10.7 Å². The molecule has 0 aromatic heterocycles. The Labute approximate surface area is 115 Å². The molecule has 0 atom stereocenters. The molecule has 0 saturated carbocycles. The predicted octanol–water partition coefficient (Wildman–Crippen LogP) is 1.66. The number of hydrogen-bond acceptors (Lipinski definition) is 4. The molecule has 0 fully saturated rings. The van der Waals surface area contributed by atoms with Crippen molar-refractivity contribution in [2.45, 2.75) is 17.7 Å². The third-order valence-electron chi connectivity index (χ3n) is 2.25. The van der Waals surface area contributed by atoms with Gasteiger partial charge in [0, 0.05) is 24.2 Å². The zero-order valence-electron chi connectivity index (χ0n) is 10.2. The first-order valence-electron chi connectivity index (χ1n) is 5.42. The van der Waals surface area contributed by atoms with E-state index in [1.54, 1.807) is 0 Å². The van der Waals surface area contributed by atoms with Gasteiger partial charge in [0.25, 0.3) is 9.05 Å². The lowest BCUT2D eigenvalue weighted by Gasteiger charge is -2.09. The highest BCUT2D eigenvalue weighted by Crippen LogP contribution is 2.27. The van der Waals surface area contributed by atoms with Crippen LogP contribution in [0.25, 0.3) is 0 Å². The van der Waals surface area contributed by atoms with E-state index in [9.17, 15) is 17.6 Å². The summed E-state index contributed by atoms with van der Waals surface area (Å²) in [4.78, 5) is 10.5. The minimum Gasteiger partial charge on any atom is -0.492 e. The summed E-state index contributed by atoms with van der Waals surface area (Å²) in [5, 5.41) is 2.45. The van der Waals surface area contributed by atoms with Crippen molar-refractivity contribution in [3.05, 3.63) is 24.0 Å². The molecule has 8 heteroatoms. The number of ether oxygens (including phenoxy) is 1. The van der Waals surface area contributed by atoms with Crippen LogP contribution in [0, 0.1) is 5.82 Å². The molecule has 0 aliphatic carbocycles. The van der Waals surface area contributed by atoms with Crippen molar-refractivity contribution >= 4 is 25.6 Å². The first-order valence-corrected chi connectivity index (χ1v) is 7.73. The summed E-state index contributed by atoms with van der Waals surface area (Å²) in [5.41, 5.74) is 0. The number of rotatable bonds is 6. The van der Waals surface area contributed by atoms with Crippen LogP contribution in [0.15, 0.2) is 23.1 Å². The van der Waals surface area contributed by atoms with E-state index in [0.29, 0.717) is 6.42 Å². The number of nitrogens with one attached hydrogen (secondary N) is 1. The topological polar surface area (TPSA) is 72.5 Å². The Kier molecular flexibility index (Phi) is 5.56. The lowest BCUT2D eigenvalue weighted by Crippen LogP contribution is -2.18. The molecule has 1 N–H and O–H groups in total. The Morgan fingerprint density at radius 3 is 2.74 bits per heavy atom. The smallest absolute Gasteiger partial charge is 0.265 e. The highest BCUT2D eigenvalue weighted by molar-refractivity contribution is 8.13. The van der Waals surface area contributed by atoms with Crippen molar-refractivity contribution in [1.82, 2.24) is 5.32 Å². The summed E-state index contributed by atoms with van der Waals surface area (Å²) < 4.78 is 40.7. The fourth-order valence-electron chi connectivity index (χ4n) is 1.33. The summed E-state index contributed by atoms with van der Waals surface area (Å²) in [6, 6.07) is 3.04. The minimum atomic E-state index is -4.09. The summed E-state index contributed by atoms with van der Waals surface area (Å²) in [6.07, 6.45) is 0.652. The van der Waals surface area contributed by atoms with Gasteiger partial charge in [-0.15, -0.1) is 0 Å². The van der Waals surface area contributed by atoms with Crippen molar-refractivity contribution in [2.24, 2.45) is 0 Å². The molecule has 1 aromatic rings. The number of carbonyl (C=O) groups excluding carboxylic acids is 1. The molecule has 1 aromatic carbocycles. The maximum Gasteiger partial charge on any atom is 0.265 e. The van der Waals surface area contributed by atoms with E-state index < -0.39 is 19.8 Å². The van der Waals surface area contributed by atoms with Crippen LogP contribution in [0.5, 0.6) is 5.75 Å². The van der Waals surface area contributed by atoms with Gasteiger partial charge in [-0.05, 0) is 24.6 Å². The molecule has 5 nitrogen and oxygen atoms in total. The van der Waals surface area contributed by atoms with Gasteiger partial charge in [-0.25, -0.2) is 12.8 Å².